The van der Waals surface area contributed by atoms with E-state index in [4.69, 9.17) is 4.74 Å². The van der Waals surface area contributed by atoms with Crippen LogP contribution in [0.2, 0.25) is 0 Å². The van der Waals surface area contributed by atoms with Gasteiger partial charge in [-0.3, -0.25) is 9.59 Å². The molecule has 1 atom stereocenters. The standard InChI is InChI=1S/C14H14N2O3/c1-19-13(10-5-3-2-4-6-10)14(18)16-11-9-15-8-7-12(11)17/h2-9,13H,1H3,(H,15,17)(H,16,18)/t13-/m1/s1. The van der Waals surface area contributed by atoms with Crippen LogP contribution in [0.1, 0.15) is 11.7 Å². The predicted molar refractivity (Wildman–Crippen MR) is 71.9 cm³/mol. The van der Waals surface area contributed by atoms with Crippen molar-refractivity contribution in [2.24, 2.45) is 0 Å². The van der Waals surface area contributed by atoms with Crippen LogP contribution in [0.25, 0.3) is 0 Å². The molecule has 0 saturated heterocycles. The number of benzene rings is 1. The lowest BCUT2D eigenvalue weighted by Crippen LogP contribution is -2.25. The lowest BCUT2D eigenvalue weighted by molar-refractivity contribution is -0.126. The first-order valence-electron chi connectivity index (χ1n) is 5.78. The zero-order valence-electron chi connectivity index (χ0n) is 10.4. The fourth-order valence-electron chi connectivity index (χ4n) is 1.73. The van der Waals surface area contributed by atoms with Crippen molar-refractivity contribution in [3.63, 3.8) is 0 Å². The van der Waals surface area contributed by atoms with Crippen molar-refractivity contribution >= 4 is 11.6 Å². The van der Waals surface area contributed by atoms with Crippen LogP contribution in [-0.2, 0) is 9.53 Å². The summed E-state index contributed by atoms with van der Waals surface area (Å²) >= 11 is 0. The van der Waals surface area contributed by atoms with Crippen molar-refractivity contribution in [2.75, 3.05) is 12.4 Å². The number of methoxy groups -OCH3 is 1. The summed E-state index contributed by atoms with van der Waals surface area (Å²) in [5, 5.41) is 2.55. The molecule has 0 unspecified atom stereocenters. The summed E-state index contributed by atoms with van der Waals surface area (Å²) in [5.74, 6) is -0.384. The quantitative estimate of drug-likeness (QED) is 0.876. The van der Waals surface area contributed by atoms with E-state index in [9.17, 15) is 9.59 Å². The second kappa shape index (κ2) is 5.97. The minimum atomic E-state index is -0.749. The summed E-state index contributed by atoms with van der Waals surface area (Å²) < 4.78 is 5.19. The average molecular weight is 258 g/mol. The van der Waals surface area contributed by atoms with Gasteiger partial charge in [-0.15, -0.1) is 0 Å². The van der Waals surface area contributed by atoms with E-state index < -0.39 is 6.10 Å². The molecule has 0 fully saturated rings. The molecule has 0 bridgehead atoms. The van der Waals surface area contributed by atoms with E-state index >= 15 is 0 Å². The van der Waals surface area contributed by atoms with Crippen LogP contribution in [0.3, 0.4) is 0 Å². The van der Waals surface area contributed by atoms with E-state index in [0.717, 1.165) is 5.56 Å². The Morgan fingerprint density at radius 3 is 2.63 bits per heavy atom. The highest BCUT2D eigenvalue weighted by Crippen LogP contribution is 2.17. The molecule has 0 radical (unpaired) electrons. The molecule has 0 aliphatic carbocycles. The van der Waals surface area contributed by atoms with Crippen LogP contribution in [0.5, 0.6) is 0 Å². The fraction of sp³-hybridized carbons (Fsp3) is 0.143. The molecular weight excluding hydrogens is 244 g/mol. The minimum Gasteiger partial charge on any atom is -0.367 e. The Hall–Kier alpha value is -2.40. The third kappa shape index (κ3) is 3.08. The monoisotopic (exact) mass is 258 g/mol. The number of carbonyl (C=O) groups is 1. The molecule has 1 amide bonds. The van der Waals surface area contributed by atoms with Crippen LogP contribution in [0.15, 0.2) is 53.6 Å². The van der Waals surface area contributed by atoms with Gasteiger partial charge < -0.3 is 15.0 Å². The van der Waals surface area contributed by atoms with Crippen molar-refractivity contribution in [2.45, 2.75) is 6.10 Å². The predicted octanol–water partition coefficient (Wildman–Crippen LogP) is 1.70. The molecule has 0 spiro atoms. The molecule has 2 N–H and O–H groups in total. The first-order chi connectivity index (χ1) is 9.22. The number of hydrogen-bond donors (Lipinski definition) is 2. The van der Waals surface area contributed by atoms with Gasteiger partial charge in [0.15, 0.2) is 6.10 Å². The molecule has 5 nitrogen and oxygen atoms in total. The zero-order chi connectivity index (χ0) is 13.7. The highest BCUT2D eigenvalue weighted by molar-refractivity contribution is 5.94. The Kier molecular flexibility index (Phi) is 4.10. The Bertz CT molecular complexity index is 607. The Morgan fingerprint density at radius 2 is 2.00 bits per heavy atom. The van der Waals surface area contributed by atoms with E-state index in [-0.39, 0.29) is 17.0 Å². The molecule has 0 aliphatic rings. The number of aromatic amines is 1. The van der Waals surface area contributed by atoms with Crippen molar-refractivity contribution in [1.29, 1.82) is 0 Å². The zero-order valence-corrected chi connectivity index (χ0v) is 10.4. The van der Waals surface area contributed by atoms with E-state index in [1.54, 1.807) is 12.1 Å². The van der Waals surface area contributed by atoms with E-state index in [2.05, 4.69) is 10.3 Å². The highest BCUT2D eigenvalue weighted by Gasteiger charge is 2.20. The molecule has 19 heavy (non-hydrogen) atoms. The number of H-pyrrole nitrogens is 1. The number of carbonyl (C=O) groups excluding carboxylic acids is 1. The topological polar surface area (TPSA) is 71.2 Å². The number of nitrogens with one attached hydrogen (secondary N) is 2. The molecule has 2 aromatic rings. The second-order valence-corrected chi connectivity index (χ2v) is 3.94. The molecule has 1 aromatic carbocycles. The molecule has 1 heterocycles. The molecule has 0 saturated carbocycles. The molecular formula is C14H14N2O3. The largest absolute Gasteiger partial charge is 0.367 e. The lowest BCUT2D eigenvalue weighted by atomic mass is 10.1. The number of hydrogen-bond acceptors (Lipinski definition) is 3. The normalized spacial score (nSPS) is 11.8. The Balaban J connectivity index is 2.19. The van der Waals surface area contributed by atoms with Crippen LogP contribution in [0, 0.1) is 0 Å². The summed E-state index contributed by atoms with van der Waals surface area (Å²) in [6, 6.07) is 10.4. The van der Waals surface area contributed by atoms with Gasteiger partial charge >= 0.3 is 0 Å². The molecule has 0 aliphatic heterocycles. The van der Waals surface area contributed by atoms with Crippen LogP contribution in [-0.4, -0.2) is 18.0 Å². The number of aromatic nitrogens is 1. The second-order valence-electron chi connectivity index (χ2n) is 3.94. The minimum absolute atomic E-state index is 0.200. The van der Waals surface area contributed by atoms with Gasteiger partial charge in [-0.1, -0.05) is 30.3 Å². The van der Waals surface area contributed by atoms with Gasteiger partial charge in [-0.05, 0) is 5.56 Å². The van der Waals surface area contributed by atoms with E-state index in [1.165, 1.54) is 25.6 Å². The average Bonchev–Trinajstić information content (AvgIpc) is 2.43. The van der Waals surface area contributed by atoms with Crippen molar-refractivity contribution < 1.29 is 9.53 Å². The van der Waals surface area contributed by atoms with Crippen molar-refractivity contribution in [1.82, 2.24) is 4.98 Å². The first-order valence-corrected chi connectivity index (χ1v) is 5.78. The van der Waals surface area contributed by atoms with Crippen LogP contribution < -0.4 is 10.7 Å². The van der Waals surface area contributed by atoms with Gasteiger partial charge in [0.1, 0.15) is 5.69 Å². The number of rotatable bonds is 4. The third-order valence-corrected chi connectivity index (χ3v) is 2.66. The van der Waals surface area contributed by atoms with E-state index in [1.807, 2.05) is 18.2 Å². The summed E-state index contributed by atoms with van der Waals surface area (Å²) in [7, 11) is 1.45. The van der Waals surface area contributed by atoms with Gasteiger partial charge in [0.2, 0.25) is 5.43 Å². The SMILES string of the molecule is CO[C@@H](C(=O)Nc1c[nH]ccc1=O)c1ccccc1. The lowest BCUT2D eigenvalue weighted by Gasteiger charge is -2.15. The number of ether oxygens (including phenoxy) is 1. The number of amides is 1. The van der Waals surface area contributed by atoms with Gasteiger partial charge in [0.25, 0.3) is 5.91 Å². The maximum atomic E-state index is 12.1. The highest BCUT2D eigenvalue weighted by atomic mass is 16.5. The summed E-state index contributed by atoms with van der Waals surface area (Å²) in [5.41, 5.74) is 0.676. The van der Waals surface area contributed by atoms with Crippen LogP contribution in [0.4, 0.5) is 5.69 Å². The maximum absolute atomic E-state index is 12.1. The van der Waals surface area contributed by atoms with Gasteiger partial charge in [0.05, 0.1) is 0 Å². The summed E-state index contributed by atoms with van der Waals surface area (Å²) in [6.07, 6.45) is 2.20. The first kappa shape index (κ1) is 13.0. The molecule has 1 aromatic heterocycles. The fourth-order valence-corrected chi connectivity index (χ4v) is 1.73. The van der Waals surface area contributed by atoms with Gasteiger partial charge in [-0.25, -0.2) is 0 Å². The molecule has 2 rings (SSSR count). The summed E-state index contributed by atoms with van der Waals surface area (Å²) in [6.45, 7) is 0. The van der Waals surface area contributed by atoms with E-state index in [0.29, 0.717) is 0 Å². The number of anilines is 1. The van der Waals surface area contributed by atoms with Crippen molar-refractivity contribution in [3.8, 4) is 0 Å². The number of pyridine rings is 1. The van der Waals surface area contributed by atoms with Crippen molar-refractivity contribution in [3.05, 3.63) is 64.6 Å². The van der Waals surface area contributed by atoms with Gasteiger partial charge in [-0.2, -0.15) is 0 Å². The van der Waals surface area contributed by atoms with Gasteiger partial charge in [0, 0.05) is 25.6 Å². The van der Waals surface area contributed by atoms with Crippen LogP contribution >= 0.6 is 0 Å². The summed E-state index contributed by atoms with van der Waals surface area (Å²) in [4.78, 5) is 26.4. The third-order valence-electron chi connectivity index (χ3n) is 2.66. The Morgan fingerprint density at radius 1 is 1.26 bits per heavy atom. The smallest absolute Gasteiger partial charge is 0.258 e. The molecule has 98 valence electrons. The molecule has 5 heteroatoms. The maximum Gasteiger partial charge on any atom is 0.258 e. The Labute approximate surface area is 110 Å².